The smallest absolute Gasteiger partial charge is 0.0817 e. The van der Waals surface area contributed by atoms with Crippen LogP contribution in [0.25, 0.3) is 0 Å². The van der Waals surface area contributed by atoms with Gasteiger partial charge in [0.1, 0.15) is 0 Å². The zero-order valence-corrected chi connectivity index (χ0v) is 7.47. The van der Waals surface area contributed by atoms with Crippen LogP contribution in [0, 0.1) is 0 Å². The number of methoxy groups -OCH3 is 1. The molecule has 0 bridgehead atoms. The van der Waals surface area contributed by atoms with E-state index in [0.29, 0.717) is 0 Å². The zero-order chi connectivity index (χ0) is 8.10. The highest BCUT2D eigenvalue weighted by Crippen LogP contribution is 2.14. The molecule has 0 amide bonds. The minimum atomic E-state index is 1.18. The summed E-state index contributed by atoms with van der Waals surface area (Å²) in [5.41, 5.74) is 1.46. The molecule has 1 saturated heterocycles. The molecule has 1 fully saturated rings. The molecule has 2 nitrogen and oxygen atoms in total. The Balaban J connectivity index is 2.30. The maximum Gasteiger partial charge on any atom is 0.0817 e. The Labute approximate surface area is 68.8 Å². The molecule has 0 aliphatic carbocycles. The molecule has 0 aromatic heterocycles. The summed E-state index contributed by atoms with van der Waals surface area (Å²) in [6.45, 7) is 5.79. The van der Waals surface area contributed by atoms with Crippen molar-refractivity contribution in [3.05, 3.63) is 11.8 Å². The Morgan fingerprint density at radius 3 is 2.55 bits per heavy atom. The van der Waals surface area contributed by atoms with Gasteiger partial charge in [-0.2, -0.15) is 0 Å². The molecule has 0 radical (unpaired) electrons. The molecule has 0 aromatic rings. The molecule has 2 heteroatoms. The Morgan fingerprint density at radius 1 is 1.45 bits per heavy atom. The summed E-state index contributed by atoms with van der Waals surface area (Å²) in [7, 11) is 1.72. The molecule has 0 atom stereocenters. The predicted molar refractivity (Wildman–Crippen MR) is 46.4 cm³/mol. The van der Waals surface area contributed by atoms with E-state index in [1.165, 1.54) is 38.0 Å². The van der Waals surface area contributed by atoms with Crippen molar-refractivity contribution in [2.75, 3.05) is 26.7 Å². The van der Waals surface area contributed by atoms with E-state index in [1.54, 1.807) is 7.11 Å². The Kier molecular flexibility index (Phi) is 3.43. The first-order valence-corrected chi connectivity index (χ1v) is 4.30. The van der Waals surface area contributed by atoms with Gasteiger partial charge in [0.25, 0.3) is 0 Å². The van der Waals surface area contributed by atoms with Gasteiger partial charge in [-0.25, -0.2) is 0 Å². The average molecular weight is 155 g/mol. The van der Waals surface area contributed by atoms with Gasteiger partial charge in [-0.15, -0.1) is 0 Å². The van der Waals surface area contributed by atoms with E-state index in [9.17, 15) is 0 Å². The number of piperidine rings is 1. The fourth-order valence-electron chi connectivity index (χ4n) is 1.44. The number of hydrogen-bond acceptors (Lipinski definition) is 2. The summed E-state index contributed by atoms with van der Waals surface area (Å²) in [5.74, 6) is 0. The highest BCUT2D eigenvalue weighted by Gasteiger charge is 2.11. The first-order chi connectivity index (χ1) is 5.36. The molecule has 11 heavy (non-hydrogen) atoms. The van der Waals surface area contributed by atoms with Crippen molar-refractivity contribution < 1.29 is 4.74 Å². The lowest BCUT2D eigenvalue weighted by Crippen LogP contribution is -2.30. The van der Waals surface area contributed by atoms with Gasteiger partial charge in [-0.1, -0.05) is 6.92 Å². The van der Waals surface area contributed by atoms with Crippen molar-refractivity contribution >= 4 is 0 Å². The summed E-state index contributed by atoms with van der Waals surface area (Å²) >= 11 is 0. The summed E-state index contributed by atoms with van der Waals surface area (Å²) in [6, 6.07) is 0. The predicted octanol–water partition coefficient (Wildman–Crippen LogP) is 1.63. The number of ether oxygens (including phenoxy) is 1. The van der Waals surface area contributed by atoms with Crippen molar-refractivity contribution in [2.24, 2.45) is 0 Å². The molecule has 64 valence electrons. The van der Waals surface area contributed by atoms with Crippen molar-refractivity contribution in [3.8, 4) is 0 Å². The van der Waals surface area contributed by atoms with E-state index in [4.69, 9.17) is 4.74 Å². The van der Waals surface area contributed by atoms with Crippen molar-refractivity contribution in [3.63, 3.8) is 0 Å². The normalized spacial score (nSPS) is 20.0. The summed E-state index contributed by atoms with van der Waals surface area (Å²) in [6.07, 6.45) is 4.26. The minimum Gasteiger partial charge on any atom is -0.504 e. The lowest BCUT2D eigenvalue weighted by Gasteiger charge is -2.26. The summed E-state index contributed by atoms with van der Waals surface area (Å²) < 4.78 is 4.97. The summed E-state index contributed by atoms with van der Waals surface area (Å²) in [5, 5.41) is 0. The van der Waals surface area contributed by atoms with Crippen LogP contribution < -0.4 is 0 Å². The van der Waals surface area contributed by atoms with Gasteiger partial charge < -0.3 is 9.64 Å². The number of rotatable bonds is 2. The van der Waals surface area contributed by atoms with Crippen LogP contribution in [0.15, 0.2) is 11.8 Å². The fourth-order valence-corrected chi connectivity index (χ4v) is 1.44. The summed E-state index contributed by atoms with van der Waals surface area (Å²) in [4.78, 5) is 2.47. The monoisotopic (exact) mass is 155 g/mol. The second kappa shape index (κ2) is 4.39. The van der Waals surface area contributed by atoms with Gasteiger partial charge in [0.05, 0.1) is 13.4 Å². The minimum absolute atomic E-state index is 1.18. The quantitative estimate of drug-likeness (QED) is 0.562. The topological polar surface area (TPSA) is 12.5 Å². The Hall–Kier alpha value is -0.500. The molecule has 0 unspecified atom stereocenters. The Morgan fingerprint density at radius 2 is 2.09 bits per heavy atom. The molecule has 0 spiro atoms. The zero-order valence-electron chi connectivity index (χ0n) is 7.47. The standard InChI is InChI=1S/C9H17NO/c1-3-10-6-4-9(5-7-10)8-11-2/h8H,3-7H2,1-2H3. The van der Waals surface area contributed by atoms with Gasteiger partial charge in [0, 0.05) is 13.1 Å². The third-order valence-corrected chi connectivity index (χ3v) is 2.23. The highest BCUT2D eigenvalue weighted by atomic mass is 16.5. The second-order valence-corrected chi connectivity index (χ2v) is 2.95. The van der Waals surface area contributed by atoms with Crippen molar-refractivity contribution in [1.82, 2.24) is 4.90 Å². The van der Waals surface area contributed by atoms with Crippen LogP contribution in [-0.2, 0) is 4.74 Å². The third kappa shape index (κ3) is 2.54. The first-order valence-electron chi connectivity index (χ1n) is 4.30. The van der Waals surface area contributed by atoms with E-state index < -0.39 is 0 Å². The van der Waals surface area contributed by atoms with Crippen molar-refractivity contribution in [2.45, 2.75) is 19.8 Å². The van der Waals surface area contributed by atoms with Crippen LogP contribution in [0.2, 0.25) is 0 Å². The molecule has 1 heterocycles. The molecule has 0 N–H and O–H groups in total. The highest BCUT2D eigenvalue weighted by molar-refractivity contribution is 5.02. The van der Waals surface area contributed by atoms with Crippen LogP contribution in [-0.4, -0.2) is 31.6 Å². The van der Waals surface area contributed by atoms with Gasteiger partial charge in [-0.05, 0) is 25.0 Å². The molecule has 0 aromatic carbocycles. The van der Waals surface area contributed by atoms with Crippen LogP contribution in [0.1, 0.15) is 19.8 Å². The largest absolute Gasteiger partial charge is 0.504 e. The van der Waals surface area contributed by atoms with Crippen LogP contribution in [0.4, 0.5) is 0 Å². The fraction of sp³-hybridized carbons (Fsp3) is 0.778. The molecule has 0 saturated carbocycles. The first kappa shape index (κ1) is 8.60. The van der Waals surface area contributed by atoms with Gasteiger partial charge in [-0.3, -0.25) is 0 Å². The van der Waals surface area contributed by atoms with E-state index in [0.717, 1.165) is 0 Å². The molecular formula is C9H17NO. The molecule has 1 aliphatic rings. The van der Waals surface area contributed by atoms with Crippen LogP contribution in [0.5, 0.6) is 0 Å². The number of hydrogen-bond donors (Lipinski definition) is 0. The molecular weight excluding hydrogens is 138 g/mol. The maximum atomic E-state index is 4.97. The van der Waals surface area contributed by atoms with Crippen molar-refractivity contribution in [1.29, 1.82) is 0 Å². The van der Waals surface area contributed by atoms with Crippen LogP contribution in [0.3, 0.4) is 0 Å². The SMILES string of the molecule is CCN1CCC(=COC)CC1. The van der Waals surface area contributed by atoms with E-state index in [1.807, 2.05) is 6.26 Å². The lowest BCUT2D eigenvalue weighted by molar-refractivity contribution is 0.259. The van der Waals surface area contributed by atoms with Gasteiger partial charge >= 0.3 is 0 Å². The van der Waals surface area contributed by atoms with Crippen LogP contribution >= 0.6 is 0 Å². The Bertz CT molecular complexity index is 132. The molecule has 1 rings (SSSR count). The van der Waals surface area contributed by atoms with E-state index in [2.05, 4.69) is 11.8 Å². The van der Waals surface area contributed by atoms with Gasteiger partial charge in [0.15, 0.2) is 0 Å². The number of likely N-dealkylation sites (tertiary alicyclic amines) is 1. The lowest BCUT2D eigenvalue weighted by atomic mass is 10.1. The second-order valence-electron chi connectivity index (χ2n) is 2.95. The molecule has 1 aliphatic heterocycles. The van der Waals surface area contributed by atoms with E-state index in [-0.39, 0.29) is 0 Å². The van der Waals surface area contributed by atoms with Gasteiger partial charge in [0.2, 0.25) is 0 Å². The number of nitrogens with zero attached hydrogens (tertiary/aromatic N) is 1. The average Bonchev–Trinajstić information content (AvgIpc) is 2.07. The maximum absolute atomic E-state index is 4.97. The third-order valence-electron chi connectivity index (χ3n) is 2.23. The van der Waals surface area contributed by atoms with E-state index >= 15 is 0 Å².